The van der Waals surface area contributed by atoms with Gasteiger partial charge in [0.25, 0.3) is 0 Å². The molecule has 1 aromatic heterocycles. The quantitative estimate of drug-likeness (QED) is 0.914. The lowest BCUT2D eigenvalue weighted by atomic mass is 10.1. The minimum Gasteiger partial charge on any atom is -0.476 e. The van der Waals surface area contributed by atoms with E-state index in [1.165, 1.54) is 16.9 Å². The molecule has 0 saturated carbocycles. The summed E-state index contributed by atoms with van der Waals surface area (Å²) >= 11 is 1.46. The predicted octanol–water partition coefficient (Wildman–Crippen LogP) is 3.63. The Kier molecular flexibility index (Phi) is 3.77. The highest BCUT2D eigenvalue weighted by Gasteiger charge is 2.17. The Morgan fingerprint density at radius 2 is 1.89 bits per heavy atom. The van der Waals surface area contributed by atoms with Crippen molar-refractivity contribution in [2.75, 3.05) is 0 Å². The van der Waals surface area contributed by atoms with Gasteiger partial charge in [-0.3, -0.25) is 0 Å². The van der Waals surface area contributed by atoms with Crippen LogP contribution in [0.1, 0.15) is 34.9 Å². The fourth-order valence-electron chi connectivity index (χ4n) is 1.75. The molecule has 18 heavy (non-hydrogen) atoms. The van der Waals surface area contributed by atoms with E-state index in [4.69, 9.17) is 0 Å². The number of carbonyl (C=O) groups is 1. The lowest BCUT2D eigenvalue weighted by Gasteiger charge is -2.01. The van der Waals surface area contributed by atoms with Crippen molar-refractivity contribution in [2.24, 2.45) is 0 Å². The molecule has 4 heteroatoms. The van der Waals surface area contributed by atoms with Crippen LogP contribution in [0.5, 0.6) is 0 Å². The van der Waals surface area contributed by atoms with Gasteiger partial charge in [-0.05, 0) is 24.0 Å². The molecule has 1 aromatic carbocycles. The summed E-state index contributed by atoms with van der Waals surface area (Å²) in [5.41, 5.74) is 2.35. The summed E-state index contributed by atoms with van der Waals surface area (Å²) in [6, 6.07) is 8.01. The SMILES string of the molecule is CCc1ccc(-c2sc(CC)nc2C(=O)O)cc1. The Labute approximate surface area is 110 Å². The highest BCUT2D eigenvalue weighted by atomic mass is 32.1. The van der Waals surface area contributed by atoms with Gasteiger partial charge in [0.1, 0.15) is 0 Å². The first-order chi connectivity index (χ1) is 8.65. The number of thiazole rings is 1. The molecule has 0 atom stereocenters. The summed E-state index contributed by atoms with van der Waals surface area (Å²) in [6.07, 6.45) is 1.74. The Morgan fingerprint density at radius 1 is 1.22 bits per heavy atom. The van der Waals surface area contributed by atoms with Crippen LogP contribution in [0.2, 0.25) is 0 Å². The van der Waals surface area contributed by atoms with Crippen molar-refractivity contribution in [1.29, 1.82) is 0 Å². The maximum Gasteiger partial charge on any atom is 0.356 e. The van der Waals surface area contributed by atoms with Crippen LogP contribution >= 0.6 is 11.3 Å². The van der Waals surface area contributed by atoms with E-state index in [2.05, 4.69) is 11.9 Å². The molecule has 94 valence electrons. The van der Waals surface area contributed by atoms with E-state index in [1.54, 1.807) is 0 Å². The molecule has 1 N–H and O–H groups in total. The molecule has 0 spiro atoms. The van der Waals surface area contributed by atoms with Crippen molar-refractivity contribution in [1.82, 2.24) is 4.98 Å². The van der Waals surface area contributed by atoms with E-state index in [0.717, 1.165) is 28.3 Å². The van der Waals surface area contributed by atoms with Gasteiger partial charge in [0.15, 0.2) is 5.69 Å². The van der Waals surface area contributed by atoms with Crippen LogP contribution in [0, 0.1) is 0 Å². The predicted molar refractivity (Wildman–Crippen MR) is 73.3 cm³/mol. The monoisotopic (exact) mass is 261 g/mol. The average Bonchev–Trinajstić information content (AvgIpc) is 2.83. The van der Waals surface area contributed by atoms with Crippen LogP contribution in [0.4, 0.5) is 0 Å². The van der Waals surface area contributed by atoms with Crippen molar-refractivity contribution in [2.45, 2.75) is 26.7 Å². The minimum absolute atomic E-state index is 0.168. The van der Waals surface area contributed by atoms with Gasteiger partial charge in [0, 0.05) is 0 Å². The van der Waals surface area contributed by atoms with E-state index in [-0.39, 0.29) is 5.69 Å². The standard InChI is InChI=1S/C14H15NO2S/c1-3-9-5-7-10(8-6-9)13-12(14(16)17)15-11(4-2)18-13/h5-8H,3-4H2,1-2H3,(H,16,17). The van der Waals surface area contributed by atoms with E-state index in [0.29, 0.717) is 0 Å². The smallest absolute Gasteiger partial charge is 0.356 e. The number of benzene rings is 1. The van der Waals surface area contributed by atoms with E-state index < -0.39 is 5.97 Å². The van der Waals surface area contributed by atoms with Gasteiger partial charge in [-0.15, -0.1) is 11.3 Å². The maximum atomic E-state index is 11.2. The molecular weight excluding hydrogens is 246 g/mol. The van der Waals surface area contributed by atoms with Gasteiger partial charge in [-0.1, -0.05) is 38.1 Å². The topological polar surface area (TPSA) is 50.2 Å². The van der Waals surface area contributed by atoms with Gasteiger partial charge in [0.05, 0.1) is 9.88 Å². The highest BCUT2D eigenvalue weighted by Crippen LogP contribution is 2.31. The molecule has 0 aliphatic rings. The van der Waals surface area contributed by atoms with Gasteiger partial charge in [0.2, 0.25) is 0 Å². The normalized spacial score (nSPS) is 10.6. The summed E-state index contributed by atoms with van der Waals surface area (Å²) in [6.45, 7) is 4.08. The molecule has 0 fully saturated rings. The van der Waals surface area contributed by atoms with Gasteiger partial charge in [-0.2, -0.15) is 0 Å². The number of nitrogens with zero attached hydrogens (tertiary/aromatic N) is 1. The Morgan fingerprint density at radius 3 is 2.39 bits per heavy atom. The number of hydrogen-bond donors (Lipinski definition) is 1. The molecule has 0 aliphatic carbocycles. The zero-order chi connectivity index (χ0) is 13.1. The van der Waals surface area contributed by atoms with Crippen LogP contribution in [0.15, 0.2) is 24.3 Å². The highest BCUT2D eigenvalue weighted by molar-refractivity contribution is 7.15. The number of carboxylic acids is 1. The van der Waals surface area contributed by atoms with Gasteiger partial charge >= 0.3 is 5.97 Å². The lowest BCUT2D eigenvalue weighted by Crippen LogP contribution is -1.99. The first-order valence-electron chi connectivity index (χ1n) is 5.98. The number of rotatable bonds is 4. The van der Waals surface area contributed by atoms with E-state index in [1.807, 2.05) is 31.2 Å². The fraction of sp³-hybridized carbons (Fsp3) is 0.286. The number of aromatic carboxylic acids is 1. The second-order valence-electron chi connectivity index (χ2n) is 3.99. The second kappa shape index (κ2) is 5.31. The molecule has 0 saturated heterocycles. The first-order valence-corrected chi connectivity index (χ1v) is 6.79. The Hall–Kier alpha value is -1.68. The third-order valence-corrected chi connectivity index (χ3v) is 4.05. The second-order valence-corrected chi connectivity index (χ2v) is 5.08. The van der Waals surface area contributed by atoms with Crippen molar-refractivity contribution >= 4 is 17.3 Å². The third-order valence-electron chi connectivity index (χ3n) is 2.80. The van der Waals surface area contributed by atoms with Crippen molar-refractivity contribution in [3.05, 3.63) is 40.5 Å². The van der Waals surface area contributed by atoms with Crippen molar-refractivity contribution in [3.63, 3.8) is 0 Å². The fourth-order valence-corrected chi connectivity index (χ4v) is 2.75. The maximum absolute atomic E-state index is 11.2. The summed E-state index contributed by atoms with van der Waals surface area (Å²) in [7, 11) is 0. The molecule has 0 radical (unpaired) electrons. The molecule has 0 aliphatic heterocycles. The van der Waals surface area contributed by atoms with Crippen molar-refractivity contribution in [3.8, 4) is 10.4 Å². The molecule has 0 bridgehead atoms. The zero-order valence-corrected chi connectivity index (χ0v) is 11.3. The zero-order valence-electron chi connectivity index (χ0n) is 10.4. The largest absolute Gasteiger partial charge is 0.476 e. The van der Waals surface area contributed by atoms with Crippen LogP contribution in [-0.4, -0.2) is 16.1 Å². The Bertz CT molecular complexity index is 558. The van der Waals surface area contributed by atoms with E-state index >= 15 is 0 Å². The number of aromatic nitrogens is 1. The van der Waals surface area contributed by atoms with Crippen LogP contribution in [-0.2, 0) is 12.8 Å². The van der Waals surface area contributed by atoms with E-state index in [9.17, 15) is 9.90 Å². The molecule has 2 rings (SSSR count). The summed E-state index contributed by atoms with van der Waals surface area (Å²) < 4.78 is 0. The van der Waals surface area contributed by atoms with Crippen LogP contribution < -0.4 is 0 Å². The Balaban J connectivity index is 2.47. The number of aryl methyl sites for hydroxylation is 2. The average molecular weight is 261 g/mol. The summed E-state index contributed by atoms with van der Waals surface area (Å²) in [4.78, 5) is 16.1. The molecule has 0 amide bonds. The molecule has 1 heterocycles. The van der Waals surface area contributed by atoms with Crippen LogP contribution in [0.3, 0.4) is 0 Å². The third kappa shape index (κ3) is 2.43. The minimum atomic E-state index is -0.958. The van der Waals surface area contributed by atoms with Gasteiger partial charge < -0.3 is 5.11 Å². The summed E-state index contributed by atoms with van der Waals surface area (Å²) in [5.74, 6) is -0.958. The number of hydrogen-bond acceptors (Lipinski definition) is 3. The lowest BCUT2D eigenvalue weighted by molar-refractivity contribution is 0.0692. The molecular formula is C14H15NO2S. The summed E-state index contributed by atoms with van der Waals surface area (Å²) in [5, 5.41) is 10.0. The molecule has 2 aromatic rings. The first kappa shape index (κ1) is 12.8. The van der Waals surface area contributed by atoms with Crippen LogP contribution in [0.25, 0.3) is 10.4 Å². The molecule has 3 nitrogen and oxygen atoms in total. The molecule has 0 unspecified atom stereocenters. The number of carboxylic acid groups (broad SMARTS) is 1. The van der Waals surface area contributed by atoms with Crippen molar-refractivity contribution < 1.29 is 9.90 Å². The van der Waals surface area contributed by atoms with Gasteiger partial charge in [-0.25, -0.2) is 9.78 Å².